The number of rotatable bonds is 5. The van der Waals surface area contributed by atoms with Crippen LogP contribution < -0.4 is 0 Å². The molecular weight excluding hydrogens is 266 g/mol. The van der Waals surface area contributed by atoms with Gasteiger partial charge in [-0.3, -0.25) is 4.79 Å². The second-order valence-electron chi connectivity index (χ2n) is 6.17. The molecule has 2 fully saturated rings. The van der Waals surface area contributed by atoms with Gasteiger partial charge >= 0.3 is 5.97 Å². The lowest BCUT2D eigenvalue weighted by Crippen LogP contribution is -2.46. The van der Waals surface area contributed by atoms with Gasteiger partial charge in [0.25, 0.3) is 0 Å². The highest BCUT2D eigenvalue weighted by Gasteiger charge is 2.39. The van der Waals surface area contributed by atoms with Crippen molar-refractivity contribution >= 4 is 16.0 Å². The Kier molecular flexibility index (Phi) is 4.20. The van der Waals surface area contributed by atoms with Gasteiger partial charge in [0.1, 0.15) is 0 Å². The molecule has 2 aliphatic rings. The topological polar surface area (TPSA) is 74.7 Å². The molecule has 5 nitrogen and oxygen atoms in total. The fraction of sp³-hybridized carbons (Fsp3) is 0.923. The second-order valence-corrected chi connectivity index (χ2v) is 8.25. The van der Waals surface area contributed by atoms with Gasteiger partial charge in [-0.25, -0.2) is 12.7 Å². The normalized spacial score (nSPS) is 24.9. The minimum atomic E-state index is -3.19. The van der Waals surface area contributed by atoms with Crippen LogP contribution in [-0.4, -0.2) is 42.6 Å². The molecular formula is C13H23NO4S. The highest BCUT2D eigenvalue weighted by molar-refractivity contribution is 7.89. The van der Waals surface area contributed by atoms with Gasteiger partial charge in [-0.2, -0.15) is 0 Å². The van der Waals surface area contributed by atoms with Crippen LogP contribution >= 0.6 is 0 Å². The minimum Gasteiger partial charge on any atom is -0.481 e. The molecule has 1 N–H and O–H groups in total. The molecule has 1 heterocycles. The van der Waals surface area contributed by atoms with E-state index in [1.54, 1.807) is 6.92 Å². The number of carboxylic acid groups (broad SMARTS) is 1. The summed E-state index contributed by atoms with van der Waals surface area (Å²) >= 11 is 0. The van der Waals surface area contributed by atoms with Gasteiger partial charge in [-0.1, -0.05) is 19.3 Å². The van der Waals surface area contributed by atoms with Crippen molar-refractivity contribution in [3.63, 3.8) is 0 Å². The third-order valence-electron chi connectivity index (χ3n) is 4.74. The van der Waals surface area contributed by atoms with Crippen LogP contribution in [0, 0.1) is 11.3 Å². The Labute approximate surface area is 115 Å². The van der Waals surface area contributed by atoms with E-state index in [1.165, 1.54) is 10.7 Å². The molecule has 0 aromatic carbocycles. The second kappa shape index (κ2) is 5.40. The molecule has 19 heavy (non-hydrogen) atoms. The van der Waals surface area contributed by atoms with E-state index in [0.717, 1.165) is 19.3 Å². The van der Waals surface area contributed by atoms with Crippen molar-refractivity contribution in [2.75, 3.05) is 18.8 Å². The summed E-state index contributed by atoms with van der Waals surface area (Å²) < 4.78 is 25.9. The maximum Gasteiger partial charge on any atom is 0.309 e. The van der Waals surface area contributed by atoms with Gasteiger partial charge in [-0.15, -0.1) is 0 Å². The lowest BCUT2D eigenvalue weighted by molar-refractivity contribution is -0.150. The van der Waals surface area contributed by atoms with Crippen molar-refractivity contribution in [1.29, 1.82) is 0 Å². The van der Waals surface area contributed by atoms with Crippen LogP contribution in [0.25, 0.3) is 0 Å². The van der Waals surface area contributed by atoms with E-state index in [1.807, 2.05) is 0 Å². The molecule has 0 aromatic rings. The van der Waals surface area contributed by atoms with Gasteiger partial charge in [0.05, 0.1) is 11.2 Å². The molecule has 1 aliphatic carbocycles. The average molecular weight is 289 g/mol. The van der Waals surface area contributed by atoms with E-state index in [4.69, 9.17) is 5.11 Å². The van der Waals surface area contributed by atoms with Crippen molar-refractivity contribution in [2.24, 2.45) is 11.3 Å². The van der Waals surface area contributed by atoms with E-state index in [9.17, 15) is 13.2 Å². The van der Waals surface area contributed by atoms with Crippen molar-refractivity contribution in [2.45, 2.75) is 45.4 Å². The third kappa shape index (κ3) is 3.28. The first-order valence-electron chi connectivity index (χ1n) is 7.05. The zero-order chi connectivity index (χ0) is 14.1. The Morgan fingerprint density at radius 2 is 1.89 bits per heavy atom. The zero-order valence-corrected chi connectivity index (χ0v) is 12.3. The number of sulfonamides is 1. The summed E-state index contributed by atoms with van der Waals surface area (Å²) in [6.07, 6.45) is 5.12. The van der Waals surface area contributed by atoms with Crippen LogP contribution in [0.2, 0.25) is 0 Å². The molecule has 110 valence electrons. The first kappa shape index (κ1) is 14.8. The Morgan fingerprint density at radius 1 is 1.32 bits per heavy atom. The van der Waals surface area contributed by atoms with Gasteiger partial charge in [0.2, 0.25) is 10.0 Å². The van der Waals surface area contributed by atoms with E-state index < -0.39 is 21.4 Å². The van der Waals surface area contributed by atoms with Crippen LogP contribution in [0.4, 0.5) is 0 Å². The summed E-state index contributed by atoms with van der Waals surface area (Å²) in [5.41, 5.74) is -0.764. The first-order valence-corrected chi connectivity index (χ1v) is 8.66. The minimum absolute atomic E-state index is 0.224. The quantitative estimate of drug-likeness (QED) is 0.836. The number of carboxylic acids is 1. The largest absolute Gasteiger partial charge is 0.481 e. The molecule has 1 aliphatic heterocycles. The van der Waals surface area contributed by atoms with Crippen LogP contribution in [0.1, 0.15) is 45.4 Å². The molecule has 0 aromatic heterocycles. The van der Waals surface area contributed by atoms with E-state index >= 15 is 0 Å². The highest BCUT2D eigenvalue weighted by atomic mass is 32.2. The van der Waals surface area contributed by atoms with E-state index in [0.29, 0.717) is 31.8 Å². The summed E-state index contributed by atoms with van der Waals surface area (Å²) in [5.74, 6) is -0.00979. The maximum absolute atomic E-state index is 12.2. The molecule has 2 rings (SSSR count). The molecule has 1 saturated carbocycles. The van der Waals surface area contributed by atoms with Gasteiger partial charge in [0, 0.05) is 13.1 Å². The molecule has 0 unspecified atom stereocenters. The molecule has 0 radical (unpaired) electrons. The van der Waals surface area contributed by atoms with E-state index in [-0.39, 0.29) is 5.75 Å². The third-order valence-corrected chi connectivity index (χ3v) is 6.65. The summed E-state index contributed by atoms with van der Waals surface area (Å²) in [4.78, 5) is 11.1. The number of carbonyl (C=O) groups is 1. The van der Waals surface area contributed by atoms with Crippen LogP contribution in [-0.2, 0) is 14.8 Å². The predicted molar refractivity (Wildman–Crippen MR) is 72.3 cm³/mol. The summed E-state index contributed by atoms with van der Waals surface area (Å²) in [6, 6.07) is 0. The van der Waals surface area contributed by atoms with Gasteiger partial charge in [0.15, 0.2) is 0 Å². The average Bonchev–Trinajstić information content (AvgIpc) is 2.27. The molecule has 0 bridgehead atoms. The van der Waals surface area contributed by atoms with Gasteiger partial charge < -0.3 is 5.11 Å². The smallest absolute Gasteiger partial charge is 0.309 e. The number of piperidine rings is 1. The fourth-order valence-electron chi connectivity index (χ4n) is 2.70. The Bertz CT molecular complexity index is 434. The molecule has 0 spiro atoms. The van der Waals surface area contributed by atoms with Crippen molar-refractivity contribution in [3.8, 4) is 0 Å². The summed E-state index contributed by atoms with van der Waals surface area (Å²) in [5, 5.41) is 9.13. The fourth-order valence-corrected chi connectivity index (χ4v) is 4.33. The number of nitrogens with zero attached hydrogens (tertiary/aromatic N) is 1. The standard InChI is InChI=1S/C13H23NO4S/c1-13(12(15)16)6-8-14(9-7-13)19(17,18)10-5-11-3-2-4-11/h11H,2-10H2,1H3,(H,15,16). The van der Waals surface area contributed by atoms with Crippen molar-refractivity contribution in [1.82, 2.24) is 4.31 Å². The van der Waals surface area contributed by atoms with Crippen LogP contribution in [0.3, 0.4) is 0 Å². The number of hydrogen-bond donors (Lipinski definition) is 1. The Balaban J connectivity index is 1.87. The maximum atomic E-state index is 12.2. The van der Waals surface area contributed by atoms with Crippen LogP contribution in [0.5, 0.6) is 0 Å². The zero-order valence-electron chi connectivity index (χ0n) is 11.5. The molecule has 0 atom stereocenters. The monoisotopic (exact) mass is 289 g/mol. The Morgan fingerprint density at radius 3 is 2.32 bits per heavy atom. The lowest BCUT2D eigenvalue weighted by atomic mass is 9.81. The van der Waals surface area contributed by atoms with E-state index in [2.05, 4.69) is 0 Å². The molecule has 1 saturated heterocycles. The van der Waals surface area contributed by atoms with Crippen molar-refractivity contribution < 1.29 is 18.3 Å². The molecule has 6 heteroatoms. The predicted octanol–water partition coefficient (Wildman–Crippen LogP) is 1.69. The number of aliphatic carboxylic acids is 1. The molecule has 0 amide bonds. The highest BCUT2D eigenvalue weighted by Crippen LogP contribution is 2.33. The first-order chi connectivity index (χ1) is 8.83. The van der Waals surface area contributed by atoms with Crippen LogP contribution in [0.15, 0.2) is 0 Å². The van der Waals surface area contributed by atoms with Gasteiger partial charge in [-0.05, 0) is 32.1 Å². The lowest BCUT2D eigenvalue weighted by Gasteiger charge is -2.36. The summed E-state index contributed by atoms with van der Waals surface area (Å²) in [6.45, 7) is 2.39. The summed E-state index contributed by atoms with van der Waals surface area (Å²) in [7, 11) is -3.19. The Hall–Kier alpha value is -0.620. The SMILES string of the molecule is CC1(C(=O)O)CCN(S(=O)(=O)CCC2CCC2)CC1. The number of hydrogen-bond acceptors (Lipinski definition) is 3. The van der Waals surface area contributed by atoms with Crippen molar-refractivity contribution in [3.05, 3.63) is 0 Å².